The van der Waals surface area contributed by atoms with Crippen molar-refractivity contribution in [2.24, 2.45) is 0 Å². The molecule has 25 heavy (non-hydrogen) atoms. The number of hydrogen-bond acceptors (Lipinski definition) is 2. The summed E-state index contributed by atoms with van der Waals surface area (Å²) in [5, 5.41) is 0. The zero-order valence-corrected chi connectivity index (χ0v) is 15.1. The molecule has 0 atom stereocenters. The molecule has 130 valence electrons. The lowest BCUT2D eigenvalue weighted by Crippen LogP contribution is -2.03. The van der Waals surface area contributed by atoms with Gasteiger partial charge < -0.3 is 4.74 Å². The van der Waals surface area contributed by atoms with Gasteiger partial charge in [-0.1, -0.05) is 75.8 Å². The fraction of sp³-hybridized carbons (Fsp3) is 0.261. The number of benzene rings is 2. The molecule has 0 fully saturated rings. The maximum atomic E-state index is 11.4. The van der Waals surface area contributed by atoms with Gasteiger partial charge in [-0.2, -0.15) is 0 Å². The molecule has 2 aromatic rings. The minimum absolute atomic E-state index is 0.431. The van der Waals surface area contributed by atoms with Gasteiger partial charge >= 0.3 is 5.97 Å². The number of aryl methyl sites for hydroxylation is 2. The summed E-state index contributed by atoms with van der Waals surface area (Å²) in [5.74, 6) is 0.135. The quantitative estimate of drug-likeness (QED) is 0.262. The van der Waals surface area contributed by atoms with E-state index < -0.39 is 5.97 Å². The van der Waals surface area contributed by atoms with E-state index in [4.69, 9.17) is 4.74 Å². The van der Waals surface area contributed by atoms with E-state index in [1.165, 1.54) is 22.8 Å². The van der Waals surface area contributed by atoms with Crippen LogP contribution in [0.15, 0.2) is 55.1 Å². The third-order valence-electron chi connectivity index (χ3n) is 4.04. The third-order valence-corrected chi connectivity index (χ3v) is 4.04. The molecule has 0 heterocycles. The van der Waals surface area contributed by atoms with Crippen LogP contribution in [0.5, 0.6) is 5.75 Å². The third kappa shape index (κ3) is 5.46. The Morgan fingerprint density at radius 1 is 0.960 bits per heavy atom. The first-order valence-corrected chi connectivity index (χ1v) is 8.91. The highest BCUT2D eigenvalue weighted by molar-refractivity contribution is 5.83. The predicted molar refractivity (Wildman–Crippen MR) is 106 cm³/mol. The maximum absolute atomic E-state index is 11.4. The van der Waals surface area contributed by atoms with Gasteiger partial charge in [-0.15, -0.1) is 0 Å². The molecule has 2 aromatic carbocycles. The summed E-state index contributed by atoms with van der Waals surface area (Å²) >= 11 is 0. The van der Waals surface area contributed by atoms with E-state index in [9.17, 15) is 4.79 Å². The Hall–Kier alpha value is -2.61. The number of rotatable bonds is 8. The summed E-state index contributed by atoms with van der Waals surface area (Å²) in [6.45, 7) is 7.78. The second-order valence-electron chi connectivity index (χ2n) is 6.02. The summed E-state index contributed by atoms with van der Waals surface area (Å²) in [6, 6.07) is 14.3. The van der Waals surface area contributed by atoms with Crippen molar-refractivity contribution in [1.82, 2.24) is 0 Å². The molecule has 0 aliphatic carbocycles. The van der Waals surface area contributed by atoms with Crippen molar-refractivity contribution in [1.29, 1.82) is 0 Å². The molecule has 2 rings (SSSR count). The number of hydrogen-bond donors (Lipinski definition) is 0. The van der Waals surface area contributed by atoms with E-state index in [1.54, 1.807) is 0 Å². The lowest BCUT2D eigenvalue weighted by Gasteiger charge is -2.09. The molecular formula is C23H26O2. The largest absolute Gasteiger partial charge is 0.423 e. The van der Waals surface area contributed by atoms with Gasteiger partial charge in [-0.05, 0) is 47.2 Å². The molecule has 0 N–H and O–H groups in total. The molecule has 0 spiro atoms. The molecular weight excluding hydrogens is 308 g/mol. The molecule has 0 aliphatic rings. The second-order valence-corrected chi connectivity index (χ2v) is 6.02. The first-order chi connectivity index (χ1) is 12.2. The molecule has 0 aliphatic heterocycles. The molecule has 0 unspecified atom stereocenters. The van der Waals surface area contributed by atoms with Gasteiger partial charge in [-0.3, -0.25) is 0 Å². The minimum atomic E-state index is -0.431. The number of ether oxygens (including phenoxy) is 1. The Labute approximate surface area is 150 Å². The normalized spacial score (nSPS) is 10.8. The Kier molecular flexibility index (Phi) is 7.21. The lowest BCUT2D eigenvalue weighted by molar-refractivity contribution is -0.128. The zero-order valence-electron chi connectivity index (χ0n) is 15.1. The standard InChI is InChI=1S/C23H26O2/c1-4-9-18-11-7-8-12-19(18)13-14-20-15-16-22(25-23(24)6-3)17-21(20)10-5-2/h6-8,11-17H,3-5,9-10H2,1-2H3/b14-13+. The summed E-state index contributed by atoms with van der Waals surface area (Å²) in [7, 11) is 0. The average molecular weight is 334 g/mol. The summed E-state index contributed by atoms with van der Waals surface area (Å²) in [5.41, 5.74) is 4.97. The second kappa shape index (κ2) is 9.63. The van der Waals surface area contributed by atoms with Gasteiger partial charge in [0, 0.05) is 6.08 Å². The van der Waals surface area contributed by atoms with Crippen LogP contribution in [-0.4, -0.2) is 5.97 Å². The predicted octanol–water partition coefficient (Wildman–Crippen LogP) is 5.85. The molecule has 2 nitrogen and oxygen atoms in total. The molecule has 0 amide bonds. The Balaban J connectivity index is 2.29. The number of esters is 1. The lowest BCUT2D eigenvalue weighted by atomic mass is 9.99. The van der Waals surface area contributed by atoms with Crippen LogP contribution in [0.3, 0.4) is 0 Å². The van der Waals surface area contributed by atoms with Crippen LogP contribution in [0.2, 0.25) is 0 Å². The number of carbonyl (C=O) groups excluding carboxylic acids is 1. The van der Waals surface area contributed by atoms with Crippen molar-refractivity contribution in [2.45, 2.75) is 39.5 Å². The minimum Gasteiger partial charge on any atom is -0.423 e. The molecule has 0 saturated carbocycles. The van der Waals surface area contributed by atoms with Crippen LogP contribution in [-0.2, 0) is 17.6 Å². The SMILES string of the molecule is C=CC(=O)Oc1ccc(/C=C/c2ccccc2CCC)c(CCC)c1. The van der Waals surface area contributed by atoms with Crippen LogP contribution < -0.4 is 4.74 Å². The van der Waals surface area contributed by atoms with Crippen LogP contribution in [0.25, 0.3) is 12.2 Å². The van der Waals surface area contributed by atoms with Crippen molar-refractivity contribution in [3.63, 3.8) is 0 Å². The molecule has 0 saturated heterocycles. The van der Waals surface area contributed by atoms with E-state index in [1.807, 2.05) is 18.2 Å². The fourth-order valence-corrected chi connectivity index (χ4v) is 2.83. The van der Waals surface area contributed by atoms with Gasteiger partial charge in [0.05, 0.1) is 0 Å². The monoisotopic (exact) mass is 334 g/mol. The van der Waals surface area contributed by atoms with E-state index in [0.717, 1.165) is 31.2 Å². The molecule has 0 aromatic heterocycles. The highest BCUT2D eigenvalue weighted by atomic mass is 16.5. The van der Waals surface area contributed by atoms with Crippen molar-refractivity contribution < 1.29 is 9.53 Å². The number of carbonyl (C=O) groups is 1. The Morgan fingerprint density at radius 3 is 2.28 bits per heavy atom. The van der Waals surface area contributed by atoms with Crippen LogP contribution in [0.4, 0.5) is 0 Å². The molecule has 0 radical (unpaired) electrons. The van der Waals surface area contributed by atoms with Crippen LogP contribution >= 0.6 is 0 Å². The van der Waals surface area contributed by atoms with Crippen molar-refractivity contribution in [2.75, 3.05) is 0 Å². The first kappa shape index (κ1) is 18.7. The van der Waals surface area contributed by atoms with E-state index in [2.05, 4.69) is 56.8 Å². The van der Waals surface area contributed by atoms with Gasteiger partial charge in [-0.25, -0.2) is 4.79 Å². The molecule has 0 bridgehead atoms. The van der Waals surface area contributed by atoms with Gasteiger partial charge in [0.2, 0.25) is 0 Å². The van der Waals surface area contributed by atoms with Crippen LogP contribution in [0, 0.1) is 0 Å². The fourth-order valence-electron chi connectivity index (χ4n) is 2.83. The highest BCUT2D eigenvalue weighted by Crippen LogP contribution is 2.23. The summed E-state index contributed by atoms with van der Waals surface area (Å²) in [6.07, 6.45) is 9.70. The highest BCUT2D eigenvalue weighted by Gasteiger charge is 2.05. The van der Waals surface area contributed by atoms with Crippen LogP contribution in [0.1, 0.15) is 48.9 Å². The van der Waals surface area contributed by atoms with Gasteiger partial charge in [0.25, 0.3) is 0 Å². The van der Waals surface area contributed by atoms with Crippen molar-refractivity contribution in [3.05, 3.63) is 77.4 Å². The Morgan fingerprint density at radius 2 is 1.60 bits per heavy atom. The van der Waals surface area contributed by atoms with E-state index in [0.29, 0.717) is 5.75 Å². The average Bonchev–Trinajstić information content (AvgIpc) is 2.62. The Bertz CT molecular complexity index is 756. The van der Waals surface area contributed by atoms with E-state index >= 15 is 0 Å². The van der Waals surface area contributed by atoms with Crippen molar-refractivity contribution >= 4 is 18.1 Å². The maximum Gasteiger partial charge on any atom is 0.335 e. The smallest absolute Gasteiger partial charge is 0.335 e. The van der Waals surface area contributed by atoms with E-state index in [-0.39, 0.29) is 0 Å². The van der Waals surface area contributed by atoms with Crippen molar-refractivity contribution in [3.8, 4) is 5.75 Å². The molecule has 2 heteroatoms. The summed E-state index contributed by atoms with van der Waals surface area (Å²) in [4.78, 5) is 11.4. The first-order valence-electron chi connectivity index (χ1n) is 8.91. The summed E-state index contributed by atoms with van der Waals surface area (Å²) < 4.78 is 5.24. The topological polar surface area (TPSA) is 26.3 Å². The zero-order chi connectivity index (χ0) is 18.1. The van der Waals surface area contributed by atoms with Gasteiger partial charge in [0.15, 0.2) is 0 Å². The van der Waals surface area contributed by atoms with Gasteiger partial charge in [0.1, 0.15) is 5.75 Å².